The molecule has 0 aromatic rings. The normalized spacial score (nSPS) is 40.5. The topological polar surface area (TPSA) is 208 Å². The first-order valence-corrected chi connectivity index (χ1v) is 18.0. The molecule has 0 aromatic heterocycles. The number of methoxy groups -OCH3 is 1. The third-order valence-corrected chi connectivity index (χ3v) is 10.7. The lowest BCUT2D eigenvalue weighted by Crippen LogP contribution is -2.61. The number of carbonyl (C=O) groups is 3. The molecule has 1 amide bonds. The van der Waals surface area contributed by atoms with E-state index >= 15 is 0 Å². The highest BCUT2D eigenvalue weighted by atomic mass is 16.7. The van der Waals surface area contributed by atoms with Crippen LogP contribution < -0.4 is 11.1 Å². The number of hydrogen-bond donors (Lipinski definition) is 3. The summed E-state index contributed by atoms with van der Waals surface area (Å²) in [5.41, 5.74) is 12.5. The first-order chi connectivity index (χ1) is 23.6. The molecular weight excluding hydrogens is 648 g/mol. The smallest absolute Gasteiger partial charge is 0.410 e. The number of Topliss-reactive ketones (excluding diaryl/α,β-unsaturated/α-hetero) is 1. The van der Waals surface area contributed by atoms with Crippen LogP contribution in [-0.2, 0) is 33.3 Å². The summed E-state index contributed by atoms with van der Waals surface area (Å²) in [6, 6.07) is -1.52. The minimum atomic E-state index is -1.28. The minimum absolute atomic E-state index is 0.0528. The molecular formula is C35H60N6O9. The highest BCUT2D eigenvalue weighted by Gasteiger charge is 2.59. The summed E-state index contributed by atoms with van der Waals surface area (Å²) >= 11 is 0. The molecule has 3 rings (SSSR count). The molecule has 0 aliphatic carbocycles. The van der Waals surface area contributed by atoms with E-state index < -0.39 is 77.6 Å². The third kappa shape index (κ3) is 9.36. The van der Waals surface area contributed by atoms with Crippen molar-refractivity contribution in [1.82, 2.24) is 10.2 Å². The summed E-state index contributed by atoms with van der Waals surface area (Å²) in [7, 11) is 1.55. The van der Waals surface area contributed by atoms with Crippen molar-refractivity contribution in [3.63, 3.8) is 0 Å². The van der Waals surface area contributed by atoms with E-state index in [2.05, 4.69) is 21.9 Å². The van der Waals surface area contributed by atoms with Gasteiger partial charge in [0.1, 0.15) is 18.1 Å². The van der Waals surface area contributed by atoms with Crippen molar-refractivity contribution in [2.75, 3.05) is 26.7 Å². The number of nitrogens with zero attached hydrogens (tertiary/aromatic N) is 4. The van der Waals surface area contributed by atoms with E-state index in [0.29, 0.717) is 58.2 Å². The standard InChI is InChI=1S/C35H60N6O9/c1-10-14-25-29-35(8,50-33(45)41(29)16-13-12-15-39-40-37)26(11-2)48-31(44)23(6)27(42)22(5)30(34(7,46-9)18-20(3)19-38-25)49-32-28(43)24(36)17-21(4)47-32/h10,20-26,28-30,32,38,43H,1,11-19,36H2,2-9H3/t20-,21?,22+,23-,24?,25-,26-,28?,29-,30-,32+,34-,35-/m1/s1. The lowest BCUT2D eigenvalue weighted by Gasteiger charge is -2.45. The monoisotopic (exact) mass is 708 g/mol. The van der Waals surface area contributed by atoms with E-state index in [0.717, 1.165) is 0 Å². The van der Waals surface area contributed by atoms with Gasteiger partial charge in [0, 0.05) is 43.1 Å². The number of azide groups is 1. The van der Waals surface area contributed by atoms with Crippen LogP contribution in [0.4, 0.5) is 4.79 Å². The highest BCUT2D eigenvalue weighted by molar-refractivity contribution is 6.00. The molecule has 0 saturated carbocycles. The number of unbranched alkanes of at least 4 members (excludes halogenated alkanes) is 1. The van der Waals surface area contributed by atoms with Crippen LogP contribution in [0.5, 0.6) is 0 Å². The van der Waals surface area contributed by atoms with Crippen molar-refractivity contribution in [2.45, 2.75) is 147 Å². The molecule has 3 saturated heterocycles. The molecule has 4 N–H and O–H groups in total. The van der Waals surface area contributed by atoms with Crippen LogP contribution in [0, 0.1) is 17.8 Å². The average Bonchev–Trinajstić information content (AvgIpc) is 3.33. The molecule has 3 fully saturated rings. The number of hydrogen-bond acceptors (Lipinski definition) is 12. The van der Waals surface area contributed by atoms with Crippen molar-refractivity contribution < 1.29 is 43.2 Å². The van der Waals surface area contributed by atoms with Crippen molar-refractivity contribution in [2.24, 2.45) is 28.6 Å². The zero-order chi connectivity index (χ0) is 37.4. The Hall–Kier alpha value is -2.78. The van der Waals surface area contributed by atoms with Crippen LogP contribution in [0.15, 0.2) is 17.8 Å². The van der Waals surface area contributed by atoms with Crippen molar-refractivity contribution >= 4 is 17.8 Å². The Morgan fingerprint density at radius 2 is 1.92 bits per heavy atom. The number of ether oxygens (including phenoxy) is 5. The van der Waals surface area contributed by atoms with Gasteiger partial charge in [0.2, 0.25) is 0 Å². The molecule has 0 aromatic carbocycles. The number of nitrogens with two attached hydrogens (primary N) is 1. The predicted octanol–water partition coefficient (Wildman–Crippen LogP) is 4.01. The molecule has 284 valence electrons. The predicted molar refractivity (Wildman–Crippen MR) is 186 cm³/mol. The Bertz CT molecular complexity index is 1230. The zero-order valence-corrected chi connectivity index (χ0v) is 31.1. The largest absolute Gasteiger partial charge is 0.458 e. The SMILES string of the molecule is C=CC[C@H]1NC[C@H](C)C[C@@](C)(OC)[C@H](O[C@@H]2OC(C)CC(N)C2O)[C@@H](C)C(=O)[C@@H](C)C(=O)O[C@H](CC)[C@@]2(C)OC(=O)N(CCCCN=[N+]=[N-])[C@H]12. The number of cyclic esters (lactones) is 1. The van der Waals surface area contributed by atoms with Crippen LogP contribution in [0.3, 0.4) is 0 Å². The van der Waals surface area contributed by atoms with Gasteiger partial charge in [0.15, 0.2) is 17.7 Å². The molecule has 3 aliphatic heterocycles. The van der Waals surface area contributed by atoms with E-state index in [4.69, 9.17) is 34.9 Å². The van der Waals surface area contributed by atoms with Gasteiger partial charge in [-0.3, -0.25) is 14.5 Å². The maximum atomic E-state index is 14.2. The Morgan fingerprint density at radius 3 is 2.54 bits per heavy atom. The van der Waals surface area contributed by atoms with Gasteiger partial charge in [-0.25, -0.2) is 4.79 Å². The van der Waals surface area contributed by atoms with Gasteiger partial charge in [-0.1, -0.05) is 32.0 Å². The zero-order valence-electron chi connectivity index (χ0n) is 31.1. The molecule has 0 spiro atoms. The highest BCUT2D eigenvalue weighted by Crippen LogP contribution is 2.40. The number of esters is 1. The fourth-order valence-corrected chi connectivity index (χ4v) is 7.92. The third-order valence-electron chi connectivity index (χ3n) is 10.7. The van der Waals surface area contributed by atoms with Gasteiger partial charge in [-0.2, -0.15) is 0 Å². The Morgan fingerprint density at radius 1 is 1.22 bits per heavy atom. The summed E-state index contributed by atoms with van der Waals surface area (Å²) < 4.78 is 30.8. The lowest BCUT2D eigenvalue weighted by molar-refractivity contribution is -0.288. The second kappa shape index (κ2) is 18.1. The summed E-state index contributed by atoms with van der Waals surface area (Å²) in [5.74, 6) is -3.33. The van der Waals surface area contributed by atoms with Crippen molar-refractivity contribution in [3.8, 4) is 0 Å². The minimum Gasteiger partial charge on any atom is -0.458 e. The number of aliphatic hydroxyl groups is 1. The second-order valence-electron chi connectivity index (χ2n) is 14.7. The maximum absolute atomic E-state index is 14.2. The molecule has 3 heterocycles. The van der Waals surface area contributed by atoms with Gasteiger partial charge >= 0.3 is 12.1 Å². The molecule has 50 heavy (non-hydrogen) atoms. The molecule has 3 aliphatic rings. The Balaban J connectivity index is 2.07. The number of rotatable bonds is 11. The Kier molecular flexibility index (Phi) is 15.1. The fourth-order valence-electron chi connectivity index (χ4n) is 7.92. The molecule has 3 unspecified atom stereocenters. The van der Waals surface area contributed by atoms with E-state index in [1.165, 1.54) is 6.92 Å². The van der Waals surface area contributed by atoms with E-state index in [1.54, 1.807) is 31.9 Å². The van der Waals surface area contributed by atoms with Gasteiger partial charge < -0.3 is 39.8 Å². The average molecular weight is 709 g/mol. The van der Waals surface area contributed by atoms with Gasteiger partial charge in [-0.15, -0.1) is 6.58 Å². The van der Waals surface area contributed by atoms with E-state index in [1.807, 2.05) is 27.7 Å². The van der Waals surface area contributed by atoms with Gasteiger partial charge in [-0.05, 0) is 84.2 Å². The first kappa shape index (κ1) is 41.6. The lowest BCUT2D eigenvalue weighted by atomic mass is 9.78. The Labute approximate surface area is 296 Å². The molecule has 0 bridgehead atoms. The number of aliphatic hydroxyl groups excluding tert-OH is 1. The number of ketones is 1. The molecule has 0 radical (unpaired) electrons. The van der Waals surface area contributed by atoms with Crippen molar-refractivity contribution in [3.05, 3.63) is 23.1 Å². The summed E-state index contributed by atoms with van der Waals surface area (Å²) in [4.78, 5) is 46.1. The number of carbonyl (C=O) groups excluding carboxylic acids is 3. The first-order valence-electron chi connectivity index (χ1n) is 18.0. The van der Waals surface area contributed by atoms with Crippen LogP contribution in [0.2, 0.25) is 0 Å². The fraction of sp³-hybridized carbons (Fsp3) is 0.857. The van der Waals surface area contributed by atoms with Crippen LogP contribution in [-0.4, -0.2) is 115 Å². The second-order valence-corrected chi connectivity index (χ2v) is 14.7. The molecule has 15 nitrogen and oxygen atoms in total. The van der Waals surface area contributed by atoms with Crippen molar-refractivity contribution in [1.29, 1.82) is 0 Å². The maximum Gasteiger partial charge on any atom is 0.410 e. The molecule has 13 atom stereocenters. The van der Waals surface area contributed by atoms with Gasteiger partial charge in [0.05, 0.1) is 23.9 Å². The van der Waals surface area contributed by atoms with E-state index in [-0.39, 0.29) is 18.1 Å². The molecule has 15 heteroatoms. The van der Waals surface area contributed by atoms with Crippen LogP contribution >= 0.6 is 0 Å². The van der Waals surface area contributed by atoms with E-state index in [9.17, 15) is 19.5 Å². The van der Waals surface area contributed by atoms with Crippen LogP contribution in [0.25, 0.3) is 10.4 Å². The summed E-state index contributed by atoms with van der Waals surface area (Å²) in [6.07, 6.45) is -0.340. The van der Waals surface area contributed by atoms with Gasteiger partial charge in [0.25, 0.3) is 0 Å². The summed E-state index contributed by atoms with van der Waals surface area (Å²) in [6.45, 7) is 17.6. The summed E-state index contributed by atoms with van der Waals surface area (Å²) in [5, 5.41) is 18.2. The number of fused-ring (bicyclic) bond motifs is 1. The number of nitrogens with one attached hydrogen (secondary N) is 1. The quantitative estimate of drug-likeness (QED) is 0.0531. The number of amides is 1. The van der Waals surface area contributed by atoms with Crippen LogP contribution in [0.1, 0.15) is 87.0 Å².